The fourth-order valence-corrected chi connectivity index (χ4v) is 5.04. The van der Waals surface area contributed by atoms with Crippen LogP contribution in [-0.2, 0) is 22.6 Å². The first-order chi connectivity index (χ1) is 18.6. The molecule has 0 atom stereocenters. The van der Waals surface area contributed by atoms with Crippen molar-refractivity contribution in [3.05, 3.63) is 65.9 Å². The Balaban J connectivity index is 1.43. The Morgan fingerprint density at radius 2 is 1.71 bits per heavy atom. The van der Waals surface area contributed by atoms with Crippen LogP contribution in [0.1, 0.15) is 76.3 Å². The van der Waals surface area contributed by atoms with Gasteiger partial charge in [-0.05, 0) is 61.9 Å². The minimum Gasteiger partial charge on any atom is -0.494 e. The second kappa shape index (κ2) is 14.0. The van der Waals surface area contributed by atoms with Crippen molar-refractivity contribution in [3.8, 4) is 5.75 Å². The van der Waals surface area contributed by atoms with E-state index in [0.717, 1.165) is 48.9 Å². The first kappa shape index (κ1) is 27.7. The van der Waals surface area contributed by atoms with E-state index in [-0.39, 0.29) is 24.4 Å². The topological polar surface area (TPSA) is 65.6 Å². The van der Waals surface area contributed by atoms with Crippen molar-refractivity contribution < 1.29 is 14.3 Å². The largest absolute Gasteiger partial charge is 0.494 e. The highest BCUT2D eigenvalue weighted by Gasteiger charge is 2.34. The van der Waals surface area contributed by atoms with Gasteiger partial charge in [0.15, 0.2) is 0 Å². The van der Waals surface area contributed by atoms with Gasteiger partial charge >= 0.3 is 0 Å². The molecule has 0 spiro atoms. The number of ether oxygens (including phenoxy) is 1. The van der Waals surface area contributed by atoms with E-state index in [2.05, 4.69) is 24.0 Å². The number of fused-ring (bicyclic) bond motifs is 1. The van der Waals surface area contributed by atoms with Crippen LogP contribution in [0.4, 0.5) is 0 Å². The monoisotopic (exact) mass is 517 g/mol. The summed E-state index contributed by atoms with van der Waals surface area (Å²) < 4.78 is 5.59. The van der Waals surface area contributed by atoms with Gasteiger partial charge in [-0.15, -0.1) is 0 Å². The van der Waals surface area contributed by atoms with Gasteiger partial charge in [0.2, 0.25) is 11.8 Å². The highest BCUT2D eigenvalue weighted by molar-refractivity contribution is 5.86. The third-order valence-electron chi connectivity index (χ3n) is 7.39. The standard InChI is InChI=1S/C32H43N3O3/c1-3-5-6-7-8-13-31(36)35(27-16-17-27)24-32(37)34(23-25-14-18-28(19-15-25)38-4-2)21-20-26-22-33-30-12-10-9-11-29(26)30/h9-12,14-15,18-19,22,27,33H,3-8,13,16-17,20-21,23-24H2,1-2H3. The molecule has 0 radical (unpaired) electrons. The summed E-state index contributed by atoms with van der Waals surface area (Å²) in [5.74, 6) is 0.984. The summed E-state index contributed by atoms with van der Waals surface area (Å²) >= 11 is 0. The molecule has 2 amide bonds. The SMILES string of the molecule is CCCCCCCC(=O)N(CC(=O)N(CCc1c[nH]c2ccccc12)Cc1ccc(OCC)cc1)C1CC1. The van der Waals surface area contributed by atoms with Crippen LogP contribution < -0.4 is 4.74 Å². The maximum atomic E-state index is 13.7. The van der Waals surface area contributed by atoms with Gasteiger partial charge in [0, 0.05) is 42.7 Å². The number of unbranched alkanes of at least 4 members (excludes halogenated alkanes) is 4. The van der Waals surface area contributed by atoms with Crippen molar-refractivity contribution in [1.29, 1.82) is 0 Å². The molecule has 1 N–H and O–H groups in total. The van der Waals surface area contributed by atoms with Gasteiger partial charge in [0.05, 0.1) is 6.61 Å². The lowest BCUT2D eigenvalue weighted by atomic mass is 10.1. The van der Waals surface area contributed by atoms with Crippen LogP contribution in [0.25, 0.3) is 10.9 Å². The number of carbonyl (C=O) groups excluding carboxylic acids is 2. The molecule has 204 valence electrons. The van der Waals surface area contributed by atoms with Crippen LogP contribution >= 0.6 is 0 Å². The van der Waals surface area contributed by atoms with Crippen molar-refractivity contribution in [1.82, 2.24) is 14.8 Å². The molecule has 1 fully saturated rings. The third-order valence-corrected chi connectivity index (χ3v) is 7.39. The number of H-pyrrole nitrogens is 1. The molecule has 6 nitrogen and oxygen atoms in total. The van der Waals surface area contributed by atoms with Gasteiger partial charge in [-0.3, -0.25) is 9.59 Å². The predicted octanol–water partition coefficient (Wildman–Crippen LogP) is 6.49. The molecule has 1 aliphatic carbocycles. The summed E-state index contributed by atoms with van der Waals surface area (Å²) in [7, 11) is 0. The van der Waals surface area contributed by atoms with Crippen LogP contribution in [-0.4, -0.2) is 52.3 Å². The second-order valence-corrected chi connectivity index (χ2v) is 10.4. The zero-order valence-corrected chi connectivity index (χ0v) is 23.1. The second-order valence-electron chi connectivity index (χ2n) is 10.4. The number of amides is 2. The highest BCUT2D eigenvalue weighted by Crippen LogP contribution is 2.28. The van der Waals surface area contributed by atoms with Crippen molar-refractivity contribution in [3.63, 3.8) is 0 Å². The Morgan fingerprint density at radius 1 is 0.947 bits per heavy atom. The van der Waals surface area contributed by atoms with Gasteiger partial charge < -0.3 is 19.5 Å². The number of carbonyl (C=O) groups is 2. The van der Waals surface area contributed by atoms with Crippen LogP contribution in [0.3, 0.4) is 0 Å². The van der Waals surface area contributed by atoms with E-state index in [4.69, 9.17) is 4.74 Å². The van der Waals surface area contributed by atoms with Crippen LogP contribution in [0.5, 0.6) is 5.75 Å². The quantitative estimate of drug-likeness (QED) is 0.221. The molecule has 4 rings (SSSR count). The number of aromatic nitrogens is 1. The summed E-state index contributed by atoms with van der Waals surface area (Å²) in [5, 5.41) is 1.19. The Morgan fingerprint density at radius 3 is 2.45 bits per heavy atom. The average Bonchev–Trinajstić information content (AvgIpc) is 3.69. The van der Waals surface area contributed by atoms with Crippen LogP contribution in [0.15, 0.2) is 54.7 Å². The summed E-state index contributed by atoms with van der Waals surface area (Å²) in [5.41, 5.74) is 3.37. The van der Waals surface area contributed by atoms with Crippen molar-refractivity contribution in [2.24, 2.45) is 0 Å². The maximum Gasteiger partial charge on any atom is 0.242 e. The minimum absolute atomic E-state index is 0.0185. The Labute approximate surface area is 227 Å². The number of hydrogen-bond donors (Lipinski definition) is 1. The molecule has 38 heavy (non-hydrogen) atoms. The van der Waals surface area contributed by atoms with E-state index in [9.17, 15) is 9.59 Å². The number of nitrogens with zero attached hydrogens (tertiary/aromatic N) is 2. The fourth-order valence-electron chi connectivity index (χ4n) is 5.04. The normalized spacial score (nSPS) is 13.0. The number of rotatable bonds is 16. The molecule has 0 saturated heterocycles. The molecular formula is C32H43N3O3. The van der Waals surface area contributed by atoms with E-state index >= 15 is 0 Å². The molecular weight excluding hydrogens is 474 g/mol. The molecule has 1 aromatic heterocycles. The molecule has 1 aliphatic rings. The van der Waals surface area contributed by atoms with Gasteiger partial charge in [0.1, 0.15) is 12.3 Å². The zero-order chi connectivity index (χ0) is 26.7. The van der Waals surface area contributed by atoms with Crippen molar-refractivity contribution >= 4 is 22.7 Å². The van der Waals surface area contributed by atoms with E-state index in [1.807, 2.05) is 59.3 Å². The molecule has 1 saturated carbocycles. The number of aromatic amines is 1. The zero-order valence-electron chi connectivity index (χ0n) is 23.1. The lowest BCUT2D eigenvalue weighted by Gasteiger charge is -2.28. The molecule has 0 bridgehead atoms. The highest BCUT2D eigenvalue weighted by atomic mass is 16.5. The molecule has 0 unspecified atom stereocenters. The van der Waals surface area contributed by atoms with E-state index < -0.39 is 0 Å². The summed E-state index contributed by atoms with van der Waals surface area (Å²) in [4.78, 5) is 33.9. The molecule has 1 heterocycles. The summed E-state index contributed by atoms with van der Waals surface area (Å²) in [6.45, 7) is 6.07. The van der Waals surface area contributed by atoms with E-state index in [1.54, 1.807) is 0 Å². The number of para-hydroxylation sites is 1. The van der Waals surface area contributed by atoms with Crippen molar-refractivity contribution in [2.75, 3.05) is 19.7 Å². The number of benzene rings is 2. The van der Waals surface area contributed by atoms with Gasteiger partial charge in [-0.25, -0.2) is 0 Å². The minimum atomic E-state index is 0.0185. The Hall–Kier alpha value is -3.28. The molecule has 3 aromatic rings. The Bertz CT molecular complexity index is 1170. The van der Waals surface area contributed by atoms with E-state index in [0.29, 0.717) is 26.1 Å². The number of hydrogen-bond acceptors (Lipinski definition) is 3. The number of nitrogens with one attached hydrogen (secondary N) is 1. The van der Waals surface area contributed by atoms with Gasteiger partial charge in [-0.1, -0.05) is 62.9 Å². The lowest BCUT2D eigenvalue weighted by Crippen LogP contribution is -2.44. The van der Waals surface area contributed by atoms with Crippen molar-refractivity contribution in [2.45, 2.75) is 84.2 Å². The van der Waals surface area contributed by atoms with Gasteiger partial charge in [-0.2, -0.15) is 0 Å². The van der Waals surface area contributed by atoms with Gasteiger partial charge in [0.25, 0.3) is 0 Å². The Kier molecular flexibility index (Phi) is 10.2. The first-order valence-corrected chi connectivity index (χ1v) is 14.4. The molecule has 2 aromatic carbocycles. The predicted molar refractivity (Wildman–Crippen MR) is 153 cm³/mol. The smallest absolute Gasteiger partial charge is 0.242 e. The fraction of sp³-hybridized carbons (Fsp3) is 0.500. The third kappa shape index (κ3) is 7.86. The summed E-state index contributed by atoms with van der Waals surface area (Å²) in [6, 6.07) is 16.5. The van der Waals surface area contributed by atoms with Crippen LogP contribution in [0, 0.1) is 0 Å². The average molecular weight is 518 g/mol. The molecule has 0 aliphatic heterocycles. The van der Waals surface area contributed by atoms with Crippen LogP contribution in [0.2, 0.25) is 0 Å². The first-order valence-electron chi connectivity index (χ1n) is 14.4. The maximum absolute atomic E-state index is 13.7. The molecule has 6 heteroatoms. The lowest BCUT2D eigenvalue weighted by molar-refractivity contribution is -0.141. The summed E-state index contributed by atoms with van der Waals surface area (Å²) in [6.07, 6.45) is 10.9. The van der Waals surface area contributed by atoms with E-state index in [1.165, 1.54) is 30.2 Å².